The van der Waals surface area contributed by atoms with Gasteiger partial charge >= 0.3 is 6.09 Å². The van der Waals surface area contributed by atoms with Crippen molar-refractivity contribution in [1.82, 2.24) is 10.9 Å². The smallest absolute Gasteiger partial charge is 0.426 e. The van der Waals surface area contributed by atoms with Crippen LogP contribution >= 0.6 is 11.6 Å². The molecule has 2 aromatic rings. The van der Waals surface area contributed by atoms with Gasteiger partial charge in [0.05, 0.1) is 0 Å². The van der Waals surface area contributed by atoms with Crippen LogP contribution in [0.3, 0.4) is 0 Å². The summed E-state index contributed by atoms with van der Waals surface area (Å²) in [5, 5.41) is 0.661. The van der Waals surface area contributed by atoms with E-state index in [1.54, 1.807) is 12.1 Å². The second-order valence-electron chi connectivity index (χ2n) is 5.32. The number of hydrogen-bond donors (Lipinski definition) is 2. The Hall–Kier alpha value is -2.53. The summed E-state index contributed by atoms with van der Waals surface area (Å²) in [5.41, 5.74) is 7.35. The third-order valence-electron chi connectivity index (χ3n) is 3.38. The predicted octanol–water partition coefficient (Wildman–Crippen LogP) is 3.54. The zero-order valence-electron chi connectivity index (χ0n) is 13.3. The molecule has 6 heteroatoms. The minimum atomic E-state index is -0.712. The Bertz CT molecular complexity index is 705. The van der Waals surface area contributed by atoms with E-state index < -0.39 is 6.09 Å². The van der Waals surface area contributed by atoms with Gasteiger partial charge in [0, 0.05) is 11.4 Å². The predicted molar refractivity (Wildman–Crippen MR) is 92.4 cm³/mol. The number of aryl methyl sites for hydroxylation is 2. The number of halogens is 1. The Morgan fingerprint density at radius 1 is 1.04 bits per heavy atom. The summed E-state index contributed by atoms with van der Waals surface area (Å²) in [4.78, 5) is 23.3. The highest BCUT2D eigenvalue weighted by atomic mass is 35.5. The molecule has 0 aromatic heterocycles. The van der Waals surface area contributed by atoms with Gasteiger partial charge in [-0.2, -0.15) is 0 Å². The Morgan fingerprint density at radius 3 is 2.50 bits per heavy atom. The Morgan fingerprint density at radius 2 is 1.79 bits per heavy atom. The van der Waals surface area contributed by atoms with Gasteiger partial charge in [0.15, 0.2) is 0 Å². The maximum Gasteiger partial charge on any atom is 0.426 e. The number of nitrogens with one attached hydrogen (secondary N) is 2. The molecule has 0 aliphatic carbocycles. The Balaban J connectivity index is 1.67. The molecular formula is C18H19ClN2O3. The topological polar surface area (TPSA) is 67.4 Å². The van der Waals surface area contributed by atoms with Crippen molar-refractivity contribution in [1.29, 1.82) is 0 Å². The van der Waals surface area contributed by atoms with E-state index in [4.69, 9.17) is 16.3 Å². The molecule has 0 atom stereocenters. The zero-order chi connectivity index (χ0) is 17.4. The molecule has 0 saturated heterocycles. The highest BCUT2D eigenvalue weighted by molar-refractivity contribution is 6.31. The van der Waals surface area contributed by atoms with E-state index in [0.717, 1.165) is 16.7 Å². The summed E-state index contributed by atoms with van der Waals surface area (Å²) in [6.07, 6.45) is 0.171. The van der Waals surface area contributed by atoms with Crippen LogP contribution in [0.2, 0.25) is 5.02 Å². The first-order chi connectivity index (χ1) is 11.5. The molecule has 0 aliphatic heterocycles. The SMILES string of the molecule is Cc1cc(COC(=O)NNC(=O)CCc2ccccc2)ccc1Cl. The normalized spacial score (nSPS) is 10.1. The molecule has 2 N–H and O–H groups in total. The second kappa shape index (κ2) is 8.93. The van der Waals surface area contributed by atoms with Crippen molar-refractivity contribution in [2.45, 2.75) is 26.4 Å². The monoisotopic (exact) mass is 346 g/mol. The molecule has 24 heavy (non-hydrogen) atoms. The van der Waals surface area contributed by atoms with Crippen molar-refractivity contribution in [3.63, 3.8) is 0 Å². The lowest BCUT2D eigenvalue weighted by Crippen LogP contribution is -2.41. The largest absolute Gasteiger partial charge is 0.443 e. The third kappa shape index (κ3) is 5.93. The fraction of sp³-hybridized carbons (Fsp3) is 0.222. The fourth-order valence-electron chi connectivity index (χ4n) is 2.07. The van der Waals surface area contributed by atoms with Crippen LogP contribution in [0.1, 0.15) is 23.1 Å². The summed E-state index contributed by atoms with van der Waals surface area (Å²) in [6.45, 7) is 1.97. The molecule has 126 valence electrons. The molecular weight excluding hydrogens is 328 g/mol. The lowest BCUT2D eigenvalue weighted by molar-refractivity contribution is -0.121. The number of hydrazine groups is 1. The Labute approximate surface area is 145 Å². The average Bonchev–Trinajstić information content (AvgIpc) is 2.60. The lowest BCUT2D eigenvalue weighted by Gasteiger charge is -2.09. The van der Waals surface area contributed by atoms with Crippen molar-refractivity contribution in [2.24, 2.45) is 0 Å². The number of carbonyl (C=O) groups is 2. The molecule has 0 heterocycles. The van der Waals surface area contributed by atoms with Crippen LogP contribution in [-0.2, 0) is 22.6 Å². The first-order valence-corrected chi connectivity index (χ1v) is 7.93. The van der Waals surface area contributed by atoms with Gasteiger partial charge in [0.2, 0.25) is 5.91 Å². The Kier molecular flexibility index (Phi) is 6.63. The molecule has 0 aliphatic rings. The maximum absolute atomic E-state index is 11.7. The summed E-state index contributed by atoms with van der Waals surface area (Å²) in [6, 6.07) is 15.0. The number of rotatable bonds is 5. The van der Waals surface area contributed by atoms with E-state index in [2.05, 4.69) is 10.9 Å². The number of amides is 2. The van der Waals surface area contributed by atoms with Crippen LogP contribution in [0.25, 0.3) is 0 Å². The van der Waals surface area contributed by atoms with E-state index >= 15 is 0 Å². The molecule has 0 spiro atoms. The van der Waals surface area contributed by atoms with Crippen LogP contribution in [0, 0.1) is 6.92 Å². The van der Waals surface area contributed by atoms with Crippen molar-refractivity contribution >= 4 is 23.6 Å². The van der Waals surface area contributed by atoms with Gasteiger partial charge in [-0.15, -0.1) is 0 Å². The molecule has 2 rings (SSSR count). The molecule has 2 aromatic carbocycles. The van der Waals surface area contributed by atoms with E-state index in [1.165, 1.54) is 0 Å². The van der Waals surface area contributed by atoms with Crippen LogP contribution in [0.5, 0.6) is 0 Å². The lowest BCUT2D eigenvalue weighted by atomic mass is 10.1. The molecule has 0 bridgehead atoms. The summed E-state index contributed by atoms with van der Waals surface area (Å²) < 4.78 is 5.03. The van der Waals surface area contributed by atoms with Gasteiger partial charge in [0.25, 0.3) is 0 Å². The fourth-order valence-corrected chi connectivity index (χ4v) is 2.18. The van der Waals surface area contributed by atoms with Gasteiger partial charge in [-0.1, -0.05) is 54.1 Å². The molecule has 0 radical (unpaired) electrons. The summed E-state index contributed by atoms with van der Waals surface area (Å²) >= 11 is 5.93. The van der Waals surface area contributed by atoms with E-state index in [9.17, 15) is 9.59 Å². The zero-order valence-corrected chi connectivity index (χ0v) is 14.1. The number of carbonyl (C=O) groups excluding carboxylic acids is 2. The summed E-state index contributed by atoms with van der Waals surface area (Å²) in [7, 11) is 0. The van der Waals surface area contributed by atoms with Gasteiger partial charge < -0.3 is 4.74 Å². The van der Waals surface area contributed by atoms with Gasteiger partial charge in [-0.3, -0.25) is 10.2 Å². The van der Waals surface area contributed by atoms with Crippen molar-refractivity contribution in [3.05, 3.63) is 70.2 Å². The van der Waals surface area contributed by atoms with Gasteiger partial charge in [-0.25, -0.2) is 10.2 Å². The van der Waals surface area contributed by atoms with E-state index in [-0.39, 0.29) is 18.9 Å². The van der Waals surface area contributed by atoms with E-state index in [1.807, 2.05) is 43.3 Å². The minimum Gasteiger partial charge on any atom is -0.443 e. The number of hydrogen-bond acceptors (Lipinski definition) is 3. The third-order valence-corrected chi connectivity index (χ3v) is 3.80. The van der Waals surface area contributed by atoms with Gasteiger partial charge in [-0.05, 0) is 36.1 Å². The minimum absolute atomic E-state index is 0.101. The van der Waals surface area contributed by atoms with Gasteiger partial charge in [0.1, 0.15) is 6.61 Å². The maximum atomic E-state index is 11.7. The van der Waals surface area contributed by atoms with Crippen LogP contribution in [0.15, 0.2) is 48.5 Å². The highest BCUT2D eigenvalue weighted by Gasteiger charge is 2.07. The molecule has 5 nitrogen and oxygen atoms in total. The molecule has 0 saturated carbocycles. The number of ether oxygens (including phenoxy) is 1. The standard InChI is InChI=1S/C18H19ClN2O3/c1-13-11-15(7-9-16(13)19)12-24-18(23)21-20-17(22)10-8-14-5-3-2-4-6-14/h2-7,9,11H,8,10,12H2,1H3,(H,20,22)(H,21,23). The van der Waals surface area contributed by atoms with Crippen molar-refractivity contribution in [3.8, 4) is 0 Å². The van der Waals surface area contributed by atoms with Crippen molar-refractivity contribution < 1.29 is 14.3 Å². The highest BCUT2D eigenvalue weighted by Crippen LogP contribution is 2.16. The molecule has 0 fully saturated rings. The quantitative estimate of drug-likeness (QED) is 0.814. The summed E-state index contributed by atoms with van der Waals surface area (Å²) in [5.74, 6) is -0.279. The van der Waals surface area contributed by atoms with Crippen molar-refractivity contribution in [2.75, 3.05) is 0 Å². The van der Waals surface area contributed by atoms with E-state index in [0.29, 0.717) is 11.4 Å². The average molecular weight is 347 g/mol. The van der Waals surface area contributed by atoms with Crippen LogP contribution in [-0.4, -0.2) is 12.0 Å². The second-order valence-corrected chi connectivity index (χ2v) is 5.73. The first kappa shape index (κ1) is 17.8. The first-order valence-electron chi connectivity index (χ1n) is 7.55. The van der Waals surface area contributed by atoms with Crippen LogP contribution < -0.4 is 10.9 Å². The molecule has 2 amide bonds. The van der Waals surface area contributed by atoms with Crippen LogP contribution in [0.4, 0.5) is 4.79 Å². The number of benzene rings is 2. The molecule has 0 unspecified atom stereocenters.